The Balaban J connectivity index is 1.51. The summed E-state index contributed by atoms with van der Waals surface area (Å²) < 4.78 is 13.1. The largest absolute Gasteiger partial charge is 0.346 e. The number of fused-ring (bicyclic) bond motifs is 1. The minimum atomic E-state index is -0.412. The Morgan fingerprint density at radius 3 is 3.00 bits per heavy atom. The summed E-state index contributed by atoms with van der Waals surface area (Å²) in [5.74, 6) is -0.412. The summed E-state index contributed by atoms with van der Waals surface area (Å²) in [6.07, 6.45) is 7.13. The molecule has 0 radical (unpaired) electrons. The van der Waals surface area contributed by atoms with Crippen molar-refractivity contribution < 1.29 is 4.39 Å². The molecular formula is C19H19FN4. The van der Waals surface area contributed by atoms with Gasteiger partial charge < -0.3 is 4.98 Å². The number of nitrogens with zero attached hydrogens (tertiary/aromatic N) is 3. The Kier molecular flexibility index (Phi) is 3.86. The lowest BCUT2D eigenvalue weighted by atomic mass is 9.99. The van der Waals surface area contributed by atoms with Crippen molar-refractivity contribution in [2.75, 3.05) is 13.1 Å². The third-order valence-electron chi connectivity index (χ3n) is 4.65. The van der Waals surface area contributed by atoms with Crippen LogP contribution in [0, 0.1) is 12.9 Å². The molecule has 4 heterocycles. The summed E-state index contributed by atoms with van der Waals surface area (Å²) in [4.78, 5) is 13.9. The summed E-state index contributed by atoms with van der Waals surface area (Å²) in [6.45, 7) is 4.54. The first kappa shape index (κ1) is 15.0. The van der Waals surface area contributed by atoms with Crippen molar-refractivity contribution in [3.05, 3.63) is 65.5 Å². The van der Waals surface area contributed by atoms with Gasteiger partial charge in [0.25, 0.3) is 0 Å². The molecule has 0 spiro atoms. The number of aromatic nitrogens is 3. The van der Waals surface area contributed by atoms with Crippen molar-refractivity contribution in [2.45, 2.75) is 19.9 Å². The SMILES string of the molecule is Cc1nc(F)ccc1CN1CC=C(c2c[nH]c3ncccc23)CC1. The number of rotatable bonds is 3. The van der Waals surface area contributed by atoms with Crippen LogP contribution < -0.4 is 0 Å². The van der Waals surface area contributed by atoms with Gasteiger partial charge in [-0.1, -0.05) is 12.1 Å². The van der Waals surface area contributed by atoms with Crippen LogP contribution >= 0.6 is 0 Å². The van der Waals surface area contributed by atoms with Gasteiger partial charge in [-0.15, -0.1) is 0 Å². The van der Waals surface area contributed by atoms with Crippen molar-refractivity contribution in [3.63, 3.8) is 0 Å². The van der Waals surface area contributed by atoms with Crippen LogP contribution in [0.2, 0.25) is 0 Å². The van der Waals surface area contributed by atoms with Crippen LogP contribution in [0.5, 0.6) is 0 Å². The van der Waals surface area contributed by atoms with Gasteiger partial charge >= 0.3 is 0 Å². The maximum atomic E-state index is 13.1. The van der Waals surface area contributed by atoms with Crippen LogP contribution in [-0.2, 0) is 6.54 Å². The van der Waals surface area contributed by atoms with E-state index in [2.05, 4.69) is 32.0 Å². The number of hydrogen-bond acceptors (Lipinski definition) is 3. The Hall–Kier alpha value is -2.53. The quantitative estimate of drug-likeness (QED) is 0.748. The van der Waals surface area contributed by atoms with Crippen LogP contribution in [0.3, 0.4) is 0 Å². The molecule has 0 unspecified atom stereocenters. The van der Waals surface area contributed by atoms with Gasteiger partial charge in [-0.05, 0) is 42.7 Å². The van der Waals surface area contributed by atoms with Crippen LogP contribution in [0.15, 0.2) is 42.7 Å². The second-order valence-electron chi connectivity index (χ2n) is 6.19. The van der Waals surface area contributed by atoms with Gasteiger partial charge in [0, 0.05) is 48.7 Å². The zero-order valence-electron chi connectivity index (χ0n) is 13.6. The highest BCUT2D eigenvalue weighted by Crippen LogP contribution is 2.28. The van der Waals surface area contributed by atoms with E-state index >= 15 is 0 Å². The Morgan fingerprint density at radius 2 is 2.21 bits per heavy atom. The van der Waals surface area contributed by atoms with Crippen LogP contribution in [0.25, 0.3) is 16.6 Å². The zero-order valence-corrected chi connectivity index (χ0v) is 13.6. The van der Waals surface area contributed by atoms with Crippen LogP contribution in [0.4, 0.5) is 4.39 Å². The molecule has 0 saturated carbocycles. The lowest BCUT2D eigenvalue weighted by molar-refractivity contribution is 0.292. The average molecular weight is 322 g/mol. The fraction of sp³-hybridized carbons (Fsp3) is 0.263. The Morgan fingerprint density at radius 1 is 1.29 bits per heavy atom. The summed E-state index contributed by atoms with van der Waals surface area (Å²) in [7, 11) is 0. The van der Waals surface area contributed by atoms with Crippen LogP contribution in [0.1, 0.15) is 23.2 Å². The molecule has 0 fully saturated rings. The molecule has 4 nitrogen and oxygen atoms in total. The maximum absolute atomic E-state index is 13.1. The van der Waals surface area contributed by atoms with E-state index in [1.165, 1.54) is 22.6 Å². The lowest BCUT2D eigenvalue weighted by Crippen LogP contribution is -2.28. The van der Waals surface area contributed by atoms with E-state index in [9.17, 15) is 4.39 Å². The Labute approximate surface area is 140 Å². The van der Waals surface area contributed by atoms with Gasteiger partial charge in [0.1, 0.15) is 5.65 Å². The number of halogens is 1. The second kappa shape index (κ2) is 6.17. The van der Waals surface area contributed by atoms with Crippen molar-refractivity contribution in [2.24, 2.45) is 0 Å². The molecule has 5 heteroatoms. The summed E-state index contributed by atoms with van der Waals surface area (Å²) >= 11 is 0. The van der Waals surface area contributed by atoms with E-state index in [0.29, 0.717) is 0 Å². The number of hydrogen-bond donors (Lipinski definition) is 1. The van der Waals surface area contributed by atoms with Gasteiger partial charge in [-0.3, -0.25) is 4.90 Å². The fourth-order valence-corrected chi connectivity index (χ4v) is 3.29. The molecule has 0 saturated heterocycles. The molecule has 0 amide bonds. The highest BCUT2D eigenvalue weighted by molar-refractivity contribution is 5.90. The highest BCUT2D eigenvalue weighted by Gasteiger charge is 2.16. The van der Waals surface area contributed by atoms with Gasteiger partial charge in [-0.25, -0.2) is 9.97 Å². The minimum Gasteiger partial charge on any atom is -0.346 e. The Bertz CT molecular complexity index is 913. The monoisotopic (exact) mass is 322 g/mol. The highest BCUT2D eigenvalue weighted by atomic mass is 19.1. The first-order chi connectivity index (χ1) is 11.7. The zero-order chi connectivity index (χ0) is 16.5. The fourth-order valence-electron chi connectivity index (χ4n) is 3.29. The molecule has 1 N–H and O–H groups in total. The summed E-state index contributed by atoms with van der Waals surface area (Å²) in [5, 5.41) is 1.18. The standard InChI is InChI=1S/C19H19FN4/c1-13-15(4-5-18(20)23-13)12-24-9-6-14(7-10-24)17-11-22-19-16(17)3-2-8-21-19/h2-6,8,11H,7,9-10,12H2,1H3,(H,21,22). The number of aromatic amines is 1. The van der Waals surface area contributed by atoms with E-state index in [1.807, 2.05) is 25.3 Å². The molecule has 3 aromatic rings. The first-order valence-corrected chi connectivity index (χ1v) is 8.16. The van der Waals surface area contributed by atoms with Crippen molar-refractivity contribution in [3.8, 4) is 0 Å². The molecule has 0 bridgehead atoms. The molecule has 3 aromatic heterocycles. The topological polar surface area (TPSA) is 44.8 Å². The molecule has 122 valence electrons. The van der Waals surface area contributed by atoms with Gasteiger partial charge in [0.15, 0.2) is 0 Å². The third kappa shape index (κ3) is 2.83. The van der Waals surface area contributed by atoms with E-state index in [4.69, 9.17) is 0 Å². The molecule has 1 aliphatic heterocycles. The molecule has 1 aliphatic rings. The first-order valence-electron chi connectivity index (χ1n) is 8.16. The number of H-pyrrole nitrogens is 1. The van der Waals surface area contributed by atoms with Crippen molar-refractivity contribution in [1.82, 2.24) is 19.9 Å². The van der Waals surface area contributed by atoms with Gasteiger partial charge in [0.2, 0.25) is 5.95 Å². The van der Waals surface area contributed by atoms with Crippen molar-refractivity contribution in [1.29, 1.82) is 0 Å². The van der Waals surface area contributed by atoms with E-state index in [0.717, 1.165) is 43.0 Å². The minimum absolute atomic E-state index is 0.412. The number of nitrogens with one attached hydrogen (secondary N) is 1. The molecule has 0 aromatic carbocycles. The third-order valence-corrected chi connectivity index (χ3v) is 4.65. The molecule has 0 aliphatic carbocycles. The summed E-state index contributed by atoms with van der Waals surface area (Å²) in [5.41, 5.74) is 5.40. The normalized spacial score (nSPS) is 15.7. The lowest BCUT2D eigenvalue weighted by Gasteiger charge is -2.26. The number of aryl methyl sites for hydroxylation is 1. The van der Waals surface area contributed by atoms with Crippen molar-refractivity contribution >= 4 is 16.6 Å². The summed E-state index contributed by atoms with van der Waals surface area (Å²) in [6, 6.07) is 7.35. The molecular weight excluding hydrogens is 303 g/mol. The predicted molar refractivity (Wildman–Crippen MR) is 92.9 cm³/mol. The van der Waals surface area contributed by atoms with E-state index in [1.54, 1.807) is 6.20 Å². The molecule has 24 heavy (non-hydrogen) atoms. The molecule has 4 rings (SSSR count). The predicted octanol–water partition coefficient (Wildman–Crippen LogP) is 3.69. The smallest absolute Gasteiger partial charge is 0.213 e. The second-order valence-corrected chi connectivity index (χ2v) is 6.19. The number of pyridine rings is 2. The van der Waals surface area contributed by atoms with Gasteiger partial charge in [0.05, 0.1) is 0 Å². The van der Waals surface area contributed by atoms with E-state index in [-0.39, 0.29) is 0 Å². The van der Waals surface area contributed by atoms with Crippen LogP contribution in [-0.4, -0.2) is 32.9 Å². The molecule has 0 atom stereocenters. The van der Waals surface area contributed by atoms with E-state index < -0.39 is 5.95 Å². The maximum Gasteiger partial charge on any atom is 0.213 e. The average Bonchev–Trinajstić information content (AvgIpc) is 3.02. The van der Waals surface area contributed by atoms with Gasteiger partial charge in [-0.2, -0.15) is 4.39 Å².